The highest BCUT2D eigenvalue weighted by atomic mass is 16.6. The first-order chi connectivity index (χ1) is 12.4. The normalized spacial score (nSPS) is 10.6. The number of phenolic OH excluding ortho intramolecular Hbond substituents is 1. The number of carbonyl (C=O) groups excluding carboxylic acids is 1. The number of ether oxygens (including phenoxy) is 1. The van der Waals surface area contributed by atoms with E-state index in [2.05, 4.69) is 5.18 Å². The van der Waals surface area contributed by atoms with E-state index in [1.165, 1.54) is 0 Å². The molecule has 2 rings (SSSR count). The molecule has 2 aromatic rings. The molecule has 0 aliphatic heterocycles. The summed E-state index contributed by atoms with van der Waals surface area (Å²) in [6.45, 7) is 6.26. The molecule has 0 bridgehead atoms. The second-order valence-corrected chi connectivity index (χ2v) is 6.34. The van der Waals surface area contributed by atoms with Gasteiger partial charge in [-0.25, -0.2) is 4.79 Å². The fourth-order valence-corrected chi connectivity index (χ4v) is 2.67. The Hall–Kier alpha value is -2.89. The molecule has 0 aliphatic carbocycles. The number of phenols is 1. The van der Waals surface area contributed by atoms with Crippen molar-refractivity contribution in [2.75, 3.05) is 0 Å². The van der Waals surface area contributed by atoms with Crippen molar-refractivity contribution < 1.29 is 14.6 Å². The van der Waals surface area contributed by atoms with Crippen molar-refractivity contribution in [1.82, 2.24) is 4.90 Å². The Balaban J connectivity index is 2.07. The second kappa shape index (κ2) is 8.99. The Morgan fingerprint density at radius 3 is 2.58 bits per heavy atom. The van der Waals surface area contributed by atoms with Crippen LogP contribution in [-0.4, -0.2) is 22.1 Å². The quantitative estimate of drug-likeness (QED) is 0.716. The molecule has 1 N–H and O–H groups in total. The van der Waals surface area contributed by atoms with Crippen molar-refractivity contribution in [3.63, 3.8) is 0 Å². The van der Waals surface area contributed by atoms with Crippen molar-refractivity contribution in [2.24, 2.45) is 5.18 Å². The summed E-state index contributed by atoms with van der Waals surface area (Å²) in [5, 5.41) is 12.5. The highest BCUT2D eigenvalue weighted by Gasteiger charge is 2.19. The van der Waals surface area contributed by atoms with Gasteiger partial charge in [-0.3, -0.25) is 0 Å². The van der Waals surface area contributed by atoms with Gasteiger partial charge in [-0.15, -0.1) is 4.91 Å². The third kappa shape index (κ3) is 5.05. The Labute approximate surface area is 153 Å². The number of rotatable bonds is 7. The average Bonchev–Trinajstić information content (AvgIpc) is 2.63. The zero-order chi connectivity index (χ0) is 19.1. The van der Waals surface area contributed by atoms with Crippen LogP contribution in [0.15, 0.2) is 47.6 Å². The molecule has 0 atom stereocenters. The van der Waals surface area contributed by atoms with Gasteiger partial charge in [0, 0.05) is 12.6 Å². The highest BCUT2D eigenvalue weighted by molar-refractivity contribution is 5.68. The Kier molecular flexibility index (Phi) is 6.72. The summed E-state index contributed by atoms with van der Waals surface area (Å²) in [5.41, 5.74) is 2.98. The summed E-state index contributed by atoms with van der Waals surface area (Å²) in [6.07, 6.45) is 0.288. The second-order valence-electron chi connectivity index (χ2n) is 6.34. The van der Waals surface area contributed by atoms with Gasteiger partial charge in [0.2, 0.25) is 0 Å². The molecule has 138 valence electrons. The Bertz CT molecular complexity index is 774. The van der Waals surface area contributed by atoms with Crippen molar-refractivity contribution in [3.8, 4) is 5.75 Å². The van der Waals surface area contributed by atoms with Crippen LogP contribution in [-0.2, 0) is 24.3 Å². The fourth-order valence-electron chi connectivity index (χ4n) is 2.67. The SMILES string of the molecule is CCc1cc(N=O)ccc1COC(=O)N(Cc1cccc(O)c1)C(C)C. The van der Waals surface area contributed by atoms with Gasteiger partial charge in [0.05, 0.1) is 0 Å². The molecular weight excluding hydrogens is 332 g/mol. The van der Waals surface area contributed by atoms with Gasteiger partial charge in [-0.05, 0) is 66.4 Å². The van der Waals surface area contributed by atoms with E-state index in [4.69, 9.17) is 4.74 Å². The van der Waals surface area contributed by atoms with E-state index in [0.29, 0.717) is 18.7 Å². The molecule has 0 saturated heterocycles. The maximum atomic E-state index is 12.5. The molecule has 0 spiro atoms. The van der Waals surface area contributed by atoms with E-state index in [1.54, 1.807) is 41.3 Å². The number of nitroso groups, excluding NO2 is 1. The number of benzene rings is 2. The predicted molar refractivity (Wildman–Crippen MR) is 100 cm³/mol. The molecule has 0 unspecified atom stereocenters. The van der Waals surface area contributed by atoms with E-state index in [1.807, 2.05) is 26.8 Å². The van der Waals surface area contributed by atoms with E-state index in [0.717, 1.165) is 16.7 Å². The van der Waals surface area contributed by atoms with E-state index in [-0.39, 0.29) is 18.4 Å². The molecule has 1 amide bonds. The lowest BCUT2D eigenvalue weighted by Gasteiger charge is -2.26. The largest absolute Gasteiger partial charge is 0.508 e. The van der Waals surface area contributed by atoms with Crippen LogP contribution in [0.4, 0.5) is 10.5 Å². The van der Waals surface area contributed by atoms with Crippen LogP contribution in [0.1, 0.15) is 37.5 Å². The van der Waals surface area contributed by atoms with Gasteiger partial charge in [-0.2, -0.15) is 0 Å². The number of nitrogens with zero attached hydrogens (tertiary/aromatic N) is 2. The number of aromatic hydroxyl groups is 1. The third-order valence-electron chi connectivity index (χ3n) is 4.15. The highest BCUT2D eigenvalue weighted by Crippen LogP contribution is 2.21. The van der Waals surface area contributed by atoms with E-state index in [9.17, 15) is 14.8 Å². The van der Waals surface area contributed by atoms with Crippen LogP contribution >= 0.6 is 0 Å². The average molecular weight is 356 g/mol. The molecule has 0 heterocycles. The molecule has 0 aromatic heterocycles. The van der Waals surface area contributed by atoms with Gasteiger partial charge in [-0.1, -0.05) is 25.1 Å². The van der Waals surface area contributed by atoms with E-state index >= 15 is 0 Å². The first-order valence-corrected chi connectivity index (χ1v) is 8.61. The zero-order valence-corrected chi connectivity index (χ0v) is 15.3. The monoisotopic (exact) mass is 356 g/mol. The van der Waals surface area contributed by atoms with Crippen LogP contribution < -0.4 is 0 Å². The van der Waals surface area contributed by atoms with Gasteiger partial charge in [0.15, 0.2) is 0 Å². The maximum Gasteiger partial charge on any atom is 0.410 e. The summed E-state index contributed by atoms with van der Waals surface area (Å²) in [6, 6.07) is 11.8. The van der Waals surface area contributed by atoms with Gasteiger partial charge < -0.3 is 14.7 Å². The molecule has 0 radical (unpaired) electrons. The molecular formula is C20H24N2O4. The van der Waals surface area contributed by atoms with Crippen LogP contribution in [0.3, 0.4) is 0 Å². The number of hydrogen-bond acceptors (Lipinski definition) is 5. The molecule has 0 fully saturated rings. The topological polar surface area (TPSA) is 79.2 Å². The standard InChI is InChI=1S/C20H24N2O4/c1-4-16-11-18(21-25)9-8-17(16)13-26-20(24)22(14(2)3)12-15-6-5-7-19(23)10-15/h5-11,14,23H,4,12-13H2,1-3H3. The molecule has 26 heavy (non-hydrogen) atoms. The summed E-state index contributed by atoms with van der Waals surface area (Å²) in [4.78, 5) is 24.8. The summed E-state index contributed by atoms with van der Waals surface area (Å²) < 4.78 is 5.49. The minimum Gasteiger partial charge on any atom is -0.508 e. The molecule has 0 aliphatic rings. The Morgan fingerprint density at radius 2 is 1.96 bits per heavy atom. The summed E-state index contributed by atoms with van der Waals surface area (Å²) >= 11 is 0. The number of carbonyl (C=O) groups is 1. The van der Waals surface area contributed by atoms with Crippen LogP contribution in [0.25, 0.3) is 0 Å². The van der Waals surface area contributed by atoms with Crippen LogP contribution in [0.2, 0.25) is 0 Å². The minimum atomic E-state index is -0.428. The van der Waals surface area contributed by atoms with Crippen molar-refractivity contribution in [2.45, 2.75) is 46.4 Å². The smallest absolute Gasteiger partial charge is 0.410 e. The molecule has 2 aromatic carbocycles. The van der Waals surface area contributed by atoms with Gasteiger partial charge in [0.25, 0.3) is 0 Å². The minimum absolute atomic E-state index is 0.0582. The molecule has 6 nitrogen and oxygen atoms in total. The number of hydrogen-bond donors (Lipinski definition) is 1. The third-order valence-corrected chi connectivity index (χ3v) is 4.15. The van der Waals surface area contributed by atoms with Gasteiger partial charge >= 0.3 is 6.09 Å². The van der Waals surface area contributed by atoms with Crippen molar-refractivity contribution >= 4 is 11.8 Å². The van der Waals surface area contributed by atoms with Crippen molar-refractivity contribution in [3.05, 3.63) is 64.1 Å². The lowest BCUT2D eigenvalue weighted by molar-refractivity contribution is 0.0827. The van der Waals surface area contributed by atoms with Crippen LogP contribution in [0.5, 0.6) is 5.75 Å². The maximum absolute atomic E-state index is 12.5. The van der Waals surface area contributed by atoms with Crippen LogP contribution in [0, 0.1) is 4.91 Å². The number of amides is 1. The fraction of sp³-hybridized carbons (Fsp3) is 0.350. The first-order valence-electron chi connectivity index (χ1n) is 8.61. The molecule has 0 saturated carbocycles. The van der Waals surface area contributed by atoms with Crippen molar-refractivity contribution in [1.29, 1.82) is 0 Å². The summed E-state index contributed by atoms with van der Waals surface area (Å²) in [7, 11) is 0. The molecule has 6 heteroatoms. The predicted octanol–water partition coefficient (Wildman–Crippen LogP) is 4.90. The zero-order valence-electron chi connectivity index (χ0n) is 15.3. The first kappa shape index (κ1) is 19.4. The summed E-state index contributed by atoms with van der Waals surface area (Å²) in [5.74, 6) is 0.163. The lowest BCUT2D eigenvalue weighted by Crippen LogP contribution is -2.36. The Morgan fingerprint density at radius 1 is 1.19 bits per heavy atom. The lowest BCUT2D eigenvalue weighted by atomic mass is 10.1. The van der Waals surface area contributed by atoms with Gasteiger partial charge in [0.1, 0.15) is 18.0 Å². The van der Waals surface area contributed by atoms with E-state index < -0.39 is 6.09 Å². The number of aryl methyl sites for hydroxylation is 1.